The molecule has 0 radical (unpaired) electrons. The molecule has 0 saturated heterocycles. The Hall–Kier alpha value is -0.710. The SMILES string of the molecule is NC(C(=O)O)C1CCC(F)(F)CC1. The van der Waals surface area contributed by atoms with Gasteiger partial charge in [-0.05, 0) is 18.8 Å². The summed E-state index contributed by atoms with van der Waals surface area (Å²) in [6, 6.07) is -0.990. The first-order chi connectivity index (χ1) is 5.92. The van der Waals surface area contributed by atoms with Crippen LogP contribution in [0.3, 0.4) is 0 Å². The van der Waals surface area contributed by atoms with E-state index >= 15 is 0 Å². The van der Waals surface area contributed by atoms with Crippen molar-refractivity contribution in [3.05, 3.63) is 0 Å². The molecular weight excluding hydrogens is 180 g/mol. The number of halogens is 2. The maximum Gasteiger partial charge on any atom is 0.320 e. The van der Waals surface area contributed by atoms with Crippen molar-refractivity contribution in [1.82, 2.24) is 0 Å². The van der Waals surface area contributed by atoms with Gasteiger partial charge in [0.1, 0.15) is 6.04 Å². The molecule has 0 aliphatic heterocycles. The number of nitrogens with two attached hydrogens (primary N) is 1. The number of hydrogen-bond donors (Lipinski definition) is 2. The molecule has 1 aliphatic rings. The summed E-state index contributed by atoms with van der Waals surface area (Å²) in [4.78, 5) is 10.4. The Balaban J connectivity index is 2.45. The fourth-order valence-electron chi connectivity index (χ4n) is 1.62. The minimum Gasteiger partial charge on any atom is -0.480 e. The molecule has 0 aromatic rings. The fourth-order valence-corrected chi connectivity index (χ4v) is 1.62. The van der Waals surface area contributed by atoms with Gasteiger partial charge in [-0.1, -0.05) is 0 Å². The zero-order valence-corrected chi connectivity index (χ0v) is 7.17. The van der Waals surface area contributed by atoms with Crippen LogP contribution in [0.2, 0.25) is 0 Å². The summed E-state index contributed by atoms with van der Waals surface area (Å²) in [6.07, 6.45) is -0.0573. The third kappa shape index (κ3) is 2.62. The monoisotopic (exact) mass is 193 g/mol. The van der Waals surface area contributed by atoms with Crippen molar-refractivity contribution in [2.75, 3.05) is 0 Å². The molecule has 3 N–H and O–H groups in total. The lowest BCUT2D eigenvalue weighted by molar-refractivity contribution is -0.141. The number of carboxylic acid groups (broad SMARTS) is 1. The van der Waals surface area contributed by atoms with Crippen LogP contribution in [0.15, 0.2) is 0 Å². The molecule has 0 spiro atoms. The molecule has 1 rings (SSSR count). The quantitative estimate of drug-likeness (QED) is 0.693. The Morgan fingerprint density at radius 3 is 2.31 bits per heavy atom. The van der Waals surface area contributed by atoms with Gasteiger partial charge in [-0.15, -0.1) is 0 Å². The van der Waals surface area contributed by atoms with Crippen molar-refractivity contribution < 1.29 is 18.7 Å². The topological polar surface area (TPSA) is 63.3 Å². The first kappa shape index (κ1) is 10.4. The molecule has 0 amide bonds. The molecule has 1 aliphatic carbocycles. The van der Waals surface area contributed by atoms with Crippen LogP contribution in [0.5, 0.6) is 0 Å². The van der Waals surface area contributed by atoms with E-state index in [1.807, 2.05) is 0 Å². The zero-order valence-electron chi connectivity index (χ0n) is 7.17. The fraction of sp³-hybridized carbons (Fsp3) is 0.875. The van der Waals surface area contributed by atoms with Crippen molar-refractivity contribution in [3.8, 4) is 0 Å². The van der Waals surface area contributed by atoms with E-state index in [4.69, 9.17) is 10.8 Å². The maximum atomic E-state index is 12.7. The van der Waals surface area contributed by atoms with Gasteiger partial charge < -0.3 is 10.8 Å². The van der Waals surface area contributed by atoms with Gasteiger partial charge in [-0.25, -0.2) is 8.78 Å². The first-order valence-corrected chi connectivity index (χ1v) is 4.28. The molecule has 1 saturated carbocycles. The number of hydrogen-bond acceptors (Lipinski definition) is 2. The van der Waals surface area contributed by atoms with Crippen LogP contribution in [0.4, 0.5) is 8.78 Å². The zero-order chi connectivity index (χ0) is 10.1. The van der Waals surface area contributed by atoms with E-state index in [1.165, 1.54) is 0 Å². The van der Waals surface area contributed by atoms with E-state index in [-0.39, 0.29) is 31.6 Å². The highest BCUT2D eigenvalue weighted by Crippen LogP contribution is 2.36. The van der Waals surface area contributed by atoms with Crippen LogP contribution in [0.25, 0.3) is 0 Å². The molecule has 0 aromatic carbocycles. The highest BCUT2D eigenvalue weighted by atomic mass is 19.3. The summed E-state index contributed by atoms with van der Waals surface area (Å²) in [5.41, 5.74) is 5.34. The molecule has 1 fully saturated rings. The molecular formula is C8H13F2NO2. The van der Waals surface area contributed by atoms with Crippen molar-refractivity contribution in [1.29, 1.82) is 0 Å². The van der Waals surface area contributed by atoms with Crippen LogP contribution in [0.1, 0.15) is 25.7 Å². The molecule has 1 atom stereocenters. The van der Waals surface area contributed by atoms with Crippen molar-refractivity contribution in [3.63, 3.8) is 0 Å². The summed E-state index contributed by atoms with van der Waals surface area (Å²) in [7, 11) is 0. The lowest BCUT2D eigenvalue weighted by Gasteiger charge is -2.30. The van der Waals surface area contributed by atoms with Gasteiger partial charge in [0.25, 0.3) is 0 Å². The van der Waals surface area contributed by atoms with Crippen molar-refractivity contribution >= 4 is 5.97 Å². The molecule has 76 valence electrons. The summed E-state index contributed by atoms with van der Waals surface area (Å²) < 4.78 is 25.3. The molecule has 5 heteroatoms. The van der Waals surface area contributed by atoms with Gasteiger partial charge in [0.2, 0.25) is 5.92 Å². The third-order valence-corrected chi connectivity index (χ3v) is 2.55. The highest BCUT2D eigenvalue weighted by Gasteiger charge is 2.38. The number of alkyl halides is 2. The number of carbonyl (C=O) groups is 1. The lowest BCUT2D eigenvalue weighted by atomic mass is 9.82. The molecule has 0 heterocycles. The molecule has 0 aromatic heterocycles. The second-order valence-corrected chi connectivity index (χ2v) is 3.56. The Morgan fingerprint density at radius 2 is 1.92 bits per heavy atom. The Bertz CT molecular complexity index is 198. The van der Waals surface area contributed by atoms with Crippen LogP contribution >= 0.6 is 0 Å². The average Bonchev–Trinajstić information content (AvgIpc) is 2.03. The minimum atomic E-state index is -2.62. The van der Waals surface area contributed by atoms with E-state index < -0.39 is 17.9 Å². The van der Waals surface area contributed by atoms with E-state index in [2.05, 4.69) is 0 Å². The predicted octanol–water partition coefficient (Wildman–Crippen LogP) is 1.22. The van der Waals surface area contributed by atoms with Gasteiger partial charge in [0, 0.05) is 12.8 Å². The number of carboxylic acids is 1. The smallest absolute Gasteiger partial charge is 0.320 e. The van der Waals surface area contributed by atoms with Gasteiger partial charge >= 0.3 is 5.97 Å². The first-order valence-electron chi connectivity index (χ1n) is 4.28. The molecule has 13 heavy (non-hydrogen) atoms. The summed E-state index contributed by atoms with van der Waals surface area (Å²) >= 11 is 0. The van der Waals surface area contributed by atoms with Crippen molar-refractivity contribution in [2.24, 2.45) is 11.7 Å². The van der Waals surface area contributed by atoms with Crippen LogP contribution in [-0.4, -0.2) is 23.0 Å². The third-order valence-electron chi connectivity index (χ3n) is 2.55. The van der Waals surface area contributed by atoms with Gasteiger partial charge in [0.15, 0.2) is 0 Å². The minimum absolute atomic E-state index is 0.209. The standard InChI is InChI=1S/C8H13F2NO2/c9-8(10)3-1-5(2-4-8)6(11)7(12)13/h5-6H,1-4,11H2,(H,12,13). The summed E-state index contributed by atoms with van der Waals surface area (Å²) in [5, 5.41) is 8.55. The van der Waals surface area contributed by atoms with E-state index in [1.54, 1.807) is 0 Å². The average molecular weight is 193 g/mol. The molecule has 3 nitrogen and oxygen atoms in total. The van der Waals surface area contributed by atoms with Crippen LogP contribution in [0, 0.1) is 5.92 Å². The highest BCUT2D eigenvalue weighted by molar-refractivity contribution is 5.73. The normalized spacial score (nSPS) is 25.5. The van der Waals surface area contributed by atoms with E-state index in [9.17, 15) is 13.6 Å². The second-order valence-electron chi connectivity index (χ2n) is 3.56. The molecule has 0 bridgehead atoms. The lowest BCUT2D eigenvalue weighted by Crippen LogP contribution is -2.41. The largest absolute Gasteiger partial charge is 0.480 e. The van der Waals surface area contributed by atoms with Gasteiger partial charge in [-0.3, -0.25) is 4.79 Å². The maximum absolute atomic E-state index is 12.7. The van der Waals surface area contributed by atoms with Crippen molar-refractivity contribution in [2.45, 2.75) is 37.6 Å². The Morgan fingerprint density at radius 1 is 1.46 bits per heavy atom. The number of aliphatic carboxylic acids is 1. The Labute approximate surface area is 74.9 Å². The predicted molar refractivity (Wildman–Crippen MR) is 42.5 cm³/mol. The van der Waals surface area contributed by atoms with Crippen LogP contribution < -0.4 is 5.73 Å². The Kier molecular flexibility index (Phi) is 2.85. The second kappa shape index (κ2) is 3.57. The van der Waals surface area contributed by atoms with Crippen LogP contribution in [-0.2, 0) is 4.79 Å². The van der Waals surface area contributed by atoms with E-state index in [0.717, 1.165) is 0 Å². The van der Waals surface area contributed by atoms with Gasteiger partial charge in [-0.2, -0.15) is 0 Å². The van der Waals surface area contributed by atoms with E-state index in [0.29, 0.717) is 0 Å². The number of rotatable bonds is 2. The van der Waals surface area contributed by atoms with Gasteiger partial charge in [0.05, 0.1) is 0 Å². The summed E-state index contributed by atoms with van der Waals surface area (Å²) in [6.45, 7) is 0. The summed E-state index contributed by atoms with van der Waals surface area (Å²) in [5.74, 6) is -4.01. The molecule has 1 unspecified atom stereocenters.